The van der Waals surface area contributed by atoms with Crippen LogP contribution >= 0.6 is 0 Å². The summed E-state index contributed by atoms with van der Waals surface area (Å²) in [5, 5.41) is 0. The van der Waals surface area contributed by atoms with Gasteiger partial charge in [0.25, 0.3) is 0 Å². The van der Waals surface area contributed by atoms with Crippen LogP contribution in [0.4, 0.5) is 17.1 Å². The first kappa shape index (κ1) is 35.2. The van der Waals surface area contributed by atoms with Crippen molar-refractivity contribution in [2.24, 2.45) is 23.7 Å². The molecular weight excluding hydrogens is 747 g/mol. The lowest BCUT2D eigenvalue weighted by atomic mass is 9.55. The second-order valence-electron chi connectivity index (χ2n) is 20.0. The third kappa shape index (κ3) is 4.25. The Hall–Kier alpha value is -6.44. The molecular formula is C61H49N. The fourth-order valence-electron chi connectivity index (χ4n) is 15.1. The van der Waals surface area contributed by atoms with Gasteiger partial charge in [0.15, 0.2) is 0 Å². The van der Waals surface area contributed by atoms with Gasteiger partial charge < -0.3 is 4.90 Å². The lowest BCUT2D eigenvalue weighted by molar-refractivity contribution is 0.191. The Labute approximate surface area is 365 Å². The van der Waals surface area contributed by atoms with Crippen LogP contribution in [-0.4, -0.2) is 0 Å². The molecule has 0 heterocycles. The minimum atomic E-state index is -0.473. The van der Waals surface area contributed by atoms with Gasteiger partial charge in [-0.3, -0.25) is 0 Å². The number of nitrogens with zero attached hydrogens (tertiary/aromatic N) is 1. The SMILES string of the molecule is CC1(C)c2ccccc2C2(c3ccccc3-c3ccc(N(c4ccc5c(c4)-c4ccccc4C54C5CC6CC(C5)C4C6)c4ccccc4-c4ccccc4)cc32)c2ccccc21. The predicted molar refractivity (Wildman–Crippen MR) is 255 cm³/mol. The van der Waals surface area contributed by atoms with Gasteiger partial charge in [-0.1, -0.05) is 172 Å². The molecule has 4 bridgehead atoms. The molecule has 1 nitrogen and oxygen atoms in total. The molecule has 0 N–H and O–H groups in total. The van der Waals surface area contributed by atoms with Gasteiger partial charge in [-0.25, -0.2) is 0 Å². The van der Waals surface area contributed by atoms with Crippen molar-refractivity contribution in [2.75, 3.05) is 4.90 Å². The van der Waals surface area contributed by atoms with Crippen LogP contribution in [0.2, 0.25) is 0 Å². The maximum Gasteiger partial charge on any atom is 0.0720 e. The minimum Gasteiger partial charge on any atom is -0.310 e. The van der Waals surface area contributed by atoms with Crippen molar-refractivity contribution in [3.8, 4) is 33.4 Å². The Bertz CT molecular complexity index is 3120. The molecule has 0 amide bonds. The normalized spacial score (nSPS) is 24.0. The summed E-state index contributed by atoms with van der Waals surface area (Å²) in [6.45, 7) is 4.83. The monoisotopic (exact) mass is 795 g/mol. The summed E-state index contributed by atoms with van der Waals surface area (Å²) in [6, 6.07) is 72.4. The summed E-state index contributed by atoms with van der Waals surface area (Å²) in [4.78, 5) is 2.59. The fourth-order valence-corrected chi connectivity index (χ4v) is 15.1. The average Bonchev–Trinajstić information content (AvgIpc) is 3.96. The Morgan fingerprint density at radius 2 is 0.952 bits per heavy atom. The van der Waals surface area contributed by atoms with E-state index in [1.54, 1.807) is 11.1 Å². The minimum absolute atomic E-state index is 0.148. The molecule has 7 aliphatic rings. The van der Waals surface area contributed by atoms with Crippen LogP contribution in [0.1, 0.15) is 84.0 Å². The molecule has 62 heavy (non-hydrogen) atoms. The van der Waals surface area contributed by atoms with Crippen molar-refractivity contribution < 1.29 is 0 Å². The standard InChI is InChI=1S/C61H49N/c1-59(2)52-23-11-13-25-54(52)61(55-26-14-12-24-53(55)59)50-22-10-6-19-45(50)47-30-28-43(37-57(47)61)62(58-27-15-8-18-44(58)39-16-4-3-5-17-39)42-29-31-51-48(36-42)46-20-7-9-21-49(46)60(51)41-33-38-32-40(35-41)56(60)34-38/h3-31,36-38,40-41,56H,32-35H2,1-2H3. The van der Waals surface area contributed by atoms with Gasteiger partial charge in [-0.15, -0.1) is 0 Å². The molecule has 298 valence electrons. The van der Waals surface area contributed by atoms with Crippen molar-refractivity contribution in [3.63, 3.8) is 0 Å². The first-order valence-electron chi connectivity index (χ1n) is 23.1. The Morgan fingerprint density at radius 1 is 0.403 bits per heavy atom. The van der Waals surface area contributed by atoms with Crippen LogP contribution in [0.15, 0.2) is 188 Å². The van der Waals surface area contributed by atoms with E-state index in [1.807, 2.05) is 0 Å². The van der Waals surface area contributed by atoms with Crippen LogP contribution in [-0.2, 0) is 16.2 Å². The quantitative estimate of drug-likeness (QED) is 0.171. The summed E-state index contributed by atoms with van der Waals surface area (Å²) in [6.07, 6.45) is 5.63. The first-order chi connectivity index (χ1) is 30.5. The number of hydrogen-bond donors (Lipinski definition) is 0. The fraction of sp³-hybridized carbons (Fsp3) is 0.213. The van der Waals surface area contributed by atoms with Crippen molar-refractivity contribution in [1.82, 2.24) is 0 Å². The highest BCUT2D eigenvalue weighted by molar-refractivity contribution is 5.95. The highest BCUT2D eigenvalue weighted by Crippen LogP contribution is 2.73. The van der Waals surface area contributed by atoms with Crippen molar-refractivity contribution in [1.29, 1.82) is 0 Å². The third-order valence-electron chi connectivity index (χ3n) is 17.1. The lowest BCUT2D eigenvalue weighted by Gasteiger charge is -2.46. The van der Waals surface area contributed by atoms with E-state index in [-0.39, 0.29) is 10.8 Å². The van der Waals surface area contributed by atoms with Gasteiger partial charge in [-0.05, 0) is 152 Å². The molecule has 0 aromatic heterocycles. The largest absolute Gasteiger partial charge is 0.310 e. The smallest absolute Gasteiger partial charge is 0.0720 e. The molecule has 2 spiro atoms. The molecule has 5 unspecified atom stereocenters. The highest BCUT2D eigenvalue weighted by atomic mass is 15.1. The summed E-state index contributed by atoms with van der Waals surface area (Å²) in [5.74, 6) is 3.30. The number of anilines is 3. The van der Waals surface area contributed by atoms with Gasteiger partial charge >= 0.3 is 0 Å². The number of benzene rings is 8. The van der Waals surface area contributed by atoms with E-state index in [1.165, 1.54) is 110 Å². The molecule has 7 aliphatic carbocycles. The first-order valence-corrected chi connectivity index (χ1v) is 23.1. The molecule has 8 aromatic rings. The lowest BCUT2D eigenvalue weighted by Crippen LogP contribution is -2.40. The van der Waals surface area contributed by atoms with Gasteiger partial charge in [0.05, 0.1) is 11.1 Å². The van der Waals surface area contributed by atoms with Crippen LogP contribution in [0.3, 0.4) is 0 Å². The number of hydrogen-bond acceptors (Lipinski definition) is 1. The summed E-state index contributed by atoms with van der Waals surface area (Å²) < 4.78 is 0. The Morgan fingerprint density at radius 3 is 1.68 bits per heavy atom. The number of para-hydroxylation sites is 1. The van der Waals surface area contributed by atoms with E-state index in [2.05, 4.69) is 207 Å². The van der Waals surface area contributed by atoms with Crippen molar-refractivity contribution in [2.45, 2.75) is 55.8 Å². The summed E-state index contributed by atoms with van der Waals surface area (Å²) in [7, 11) is 0. The van der Waals surface area contributed by atoms with E-state index >= 15 is 0 Å². The van der Waals surface area contributed by atoms with Crippen LogP contribution in [0, 0.1) is 23.7 Å². The third-order valence-corrected chi connectivity index (χ3v) is 17.1. The Kier molecular flexibility index (Phi) is 7.01. The molecule has 0 radical (unpaired) electrons. The molecule has 5 atom stereocenters. The van der Waals surface area contributed by atoms with E-state index < -0.39 is 5.41 Å². The van der Waals surface area contributed by atoms with Gasteiger partial charge in [0.2, 0.25) is 0 Å². The molecule has 4 saturated carbocycles. The second-order valence-corrected chi connectivity index (χ2v) is 20.0. The Balaban J connectivity index is 1.04. The predicted octanol–water partition coefficient (Wildman–Crippen LogP) is 15.2. The number of fused-ring (bicyclic) bond motifs is 12. The summed E-state index contributed by atoms with van der Waals surface area (Å²) >= 11 is 0. The molecule has 15 rings (SSSR count). The second kappa shape index (κ2) is 12.4. The maximum atomic E-state index is 2.59. The van der Waals surface area contributed by atoms with Gasteiger partial charge in [-0.2, -0.15) is 0 Å². The molecule has 0 saturated heterocycles. The van der Waals surface area contributed by atoms with E-state index in [0.717, 1.165) is 23.7 Å². The van der Waals surface area contributed by atoms with Crippen LogP contribution < -0.4 is 4.90 Å². The zero-order chi connectivity index (χ0) is 41.0. The highest BCUT2D eigenvalue weighted by Gasteiger charge is 2.66. The topological polar surface area (TPSA) is 3.24 Å². The van der Waals surface area contributed by atoms with Gasteiger partial charge in [0, 0.05) is 27.8 Å². The van der Waals surface area contributed by atoms with Crippen molar-refractivity contribution in [3.05, 3.63) is 233 Å². The number of rotatable bonds is 4. The molecule has 8 aromatic carbocycles. The van der Waals surface area contributed by atoms with Gasteiger partial charge in [0.1, 0.15) is 0 Å². The van der Waals surface area contributed by atoms with Crippen LogP contribution in [0.25, 0.3) is 33.4 Å². The molecule has 0 aliphatic heterocycles. The summed E-state index contributed by atoms with van der Waals surface area (Å²) in [5.41, 5.74) is 22.6. The van der Waals surface area contributed by atoms with E-state index in [0.29, 0.717) is 0 Å². The van der Waals surface area contributed by atoms with E-state index in [4.69, 9.17) is 0 Å². The zero-order valence-electron chi connectivity index (χ0n) is 35.5. The zero-order valence-corrected chi connectivity index (χ0v) is 35.5. The van der Waals surface area contributed by atoms with Crippen LogP contribution in [0.5, 0.6) is 0 Å². The molecule has 1 heteroatoms. The maximum absolute atomic E-state index is 2.59. The van der Waals surface area contributed by atoms with Crippen molar-refractivity contribution >= 4 is 17.1 Å². The molecule has 4 fully saturated rings. The van der Waals surface area contributed by atoms with E-state index in [9.17, 15) is 0 Å². The average molecular weight is 796 g/mol.